The van der Waals surface area contributed by atoms with Crippen molar-refractivity contribution in [2.45, 2.75) is 16.3 Å². The molecule has 1 heterocycles. The van der Waals surface area contributed by atoms with Crippen LogP contribution in [-0.4, -0.2) is 59.9 Å². The molecule has 31 heavy (non-hydrogen) atoms. The molecule has 0 atom stereocenters. The Bertz CT molecular complexity index is 1010. The summed E-state index contributed by atoms with van der Waals surface area (Å²) in [6.07, 6.45) is -4.72. The smallest absolute Gasteiger partial charge is 0.460 e. The van der Waals surface area contributed by atoms with Gasteiger partial charge in [0.2, 0.25) is 0 Å². The number of hydrogen-bond donors (Lipinski definition) is 1. The number of halogens is 3. The van der Waals surface area contributed by atoms with Gasteiger partial charge < -0.3 is 14.4 Å². The molecule has 7 nitrogen and oxygen atoms in total. The van der Waals surface area contributed by atoms with Gasteiger partial charge in [0.15, 0.2) is 10.7 Å². The molecule has 0 bridgehead atoms. The van der Waals surface area contributed by atoms with Crippen molar-refractivity contribution in [3.63, 3.8) is 0 Å². The number of alkyl halides is 3. The van der Waals surface area contributed by atoms with Gasteiger partial charge in [-0.25, -0.2) is 4.79 Å². The highest BCUT2D eigenvalue weighted by molar-refractivity contribution is 7.99. The number of H-pyrrole nitrogens is 1. The van der Waals surface area contributed by atoms with Gasteiger partial charge in [0.1, 0.15) is 12.4 Å². The van der Waals surface area contributed by atoms with Gasteiger partial charge in [-0.3, -0.25) is 5.10 Å². The third-order valence-electron chi connectivity index (χ3n) is 3.98. The van der Waals surface area contributed by atoms with Gasteiger partial charge in [0.25, 0.3) is 0 Å². The zero-order valence-corrected chi connectivity index (χ0v) is 17.5. The number of likely N-dealkylation sites (N-methyl/N-ethyl adjacent to an activating group) is 1. The average Bonchev–Trinajstić information content (AvgIpc) is 3.16. The maximum Gasteiger partial charge on any atom is 0.573 e. The molecule has 0 aliphatic heterocycles. The quantitative estimate of drug-likeness (QED) is 0.512. The van der Waals surface area contributed by atoms with E-state index in [1.165, 1.54) is 23.9 Å². The summed E-state index contributed by atoms with van der Waals surface area (Å²) in [6, 6.07) is 12.9. The van der Waals surface area contributed by atoms with Crippen LogP contribution in [0.4, 0.5) is 13.2 Å². The number of carbonyl (C=O) groups is 1. The van der Waals surface area contributed by atoms with E-state index in [0.717, 1.165) is 16.0 Å². The summed E-state index contributed by atoms with van der Waals surface area (Å²) in [5.41, 5.74) is 1.72. The Hall–Kier alpha value is -3.05. The molecular weight excluding hydrogens is 433 g/mol. The topological polar surface area (TPSA) is 80.3 Å². The Morgan fingerprint density at radius 1 is 1.06 bits per heavy atom. The number of rotatable bonds is 8. The van der Waals surface area contributed by atoms with Gasteiger partial charge in [0, 0.05) is 11.4 Å². The van der Waals surface area contributed by atoms with Crippen molar-refractivity contribution in [2.75, 3.05) is 27.2 Å². The Morgan fingerprint density at radius 2 is 1.68 bits per heavy atom. The van der Waals surface area contributed by atoms with Crippen molar-refractivity contribution in [2.24, 2.45) is 0 Å². The van der Waals surface area contributed by atoms with Gasteiger partial charge in [-0.2, -0.15) is 0 Å². The van der Waals surface area contributed by atoms with Gasteiger partial charge in [-0.1, -0.05) is 41.2 Å². The summed E-state index contributed by atoms with van der Waals surface area (Å²) in [7, 11) is 3.75. The van der Waals surface area contributed by atoms with E-state index in [0.29, 0.717) is 11.6 Å². The van der Waals surface area contributed by atoms with Gasteiger partial charge in [0.05, 0.1) is 0 Å². The van der Waals surface area contributed by atoms with Crippen LogP contribution in [0, 0.1) is 0 Å². The predicted molar refractivity (Wildman–Crippen MR) is 108 cm³/mol. The maximum atomic E-state index is 12.3. The Balaban J connectivity index is 1.64. The molecule has 0 aliphatic carbocycles. The first-order chi connectivity index (χ1) is 14.7. The molecule has 0 saturated heterocycles. The molecule has 0 fully saturated rings. The van der Waals surface area contributed by atoms with Crippen molar-refractivity contribution >= 4 is 17.7 Å². The minimum Gasteiger partial charge on any atom is -0.460 e. The van der Waals surface area contributed by atoms with E-state index in [1.807, 2.05) is 43.3 Å². The molecule has 0 radical (unpaired) electrons. The van der Waals surface area contributed by atoms with Gasteiger partial charge in [-0.05, 0) is 49.5 Å². The van der Waals surface area contributed by atoms with Crippen molar-refractivity contribution in [1.82, 2.24) is 20.3 Å². The van der Waals surface area contributed by atoms with E-state index in [4.69, 9.17) is 4.74 Å². The van der Waals surface area contributed by atoms with E-state index in [-0.39, 0.29) is 18.1 Å². The van der Waals surface area contributed by atoms with Crippen molar-refractivity contribution in [1.29, 1.82) is 0 Å². The summed E-state index contributed by atoms with van der Waals surface area (Å²) in [6.45, 7) is 0.844. The summed E-state index contributed by atoms with van der Waals surface area (Å²) >= 11 is 1.24. The molecule has 164 valence electrons. The third kappa shape index (κ3) is 6.72. The van der Waals surface area contributed by atoms with Crippen molar-refractivity contribution in [3.05, 3.63) is 54.2 Å². The van der Waals surface area contributed by atoms with Crippen LogP contribution in [0.1, 0.15) is 10.5 Å². The molecule has 2 aromatic carbocycles. The number of hydrogen-bond acceptors (Lipinski definition) is 7. The Labute approximate surface area is 180 Å². The number of carbonyl (C=O) groups excluding carboxylic acids is 1. The zero-order chi connectivity index (χ0) is 22.4. The van der Waals surface area contributed by atoms with E-state index < -0.39 is 12.3 Å². The fourth-order valence-corrected chi connectivity index (χ4v) is 3.30. The number of nitrogens with one attached hydrogen (secondary N) is 1. The Morgan fingerprint density at radius 3 is 2.26 bits per heavy atom. The van der Waals surface area contributed by atoms with Crippen LogP contribution in [0.15, 0.2) is 58.5 Å². The second-order valence-electron chi connectivity index (χ2n) is 6.63. The third-order valence-corrected chi connectivity index (χ3v) is 4.97. The number of esters is 1. The van der Waals surface area contributed by atoms with E-state index in [9.17, 15) is 18.0 Å². The maximum absolute atomic E-state index is 12.3. The lowest BCUT2D eigenvalue weighted by Crippen LogP contribution is -2.20. The SMILES string of the molecule is CN(C)CCOC(=O)c1[nH]nnc1Sc1ccc(-c2ccc(OC(F)(F)F)cc2)cc1. The summed E-state index contributed by atoms with van der Waals surface area (Å²) in [5, 5.41) is 10.6. The van der Waals surface area contributed by atoms with Crippen LogP contribution in [0.3, 0.4) is 0 Å². The summed E-state index contributed by atoms with van der Waals surface area (Å²) in [5.74, 6) is -0.813. The van der Waals surface area contributed by atoms with Crippen LogP contribution in [-0.2, 0) is 4.74 Å². The van der Waals surface area contributed by atoms with Crippen molar-refractivity contribution in [3.8, 4) is 16.9 Å². The minimum absolute atomic E-state index is 0.174. The Kier molecular flexibility index (Phi) is 7.18. The van der Waals surface area contributed by atoms with Crippen LogP contribution < -0.4 is 4.74 Å². The van der Waals surface area contributed by atoms with Gasteiger partial charge in [-0.15, -0.1) is 18.3 Å². The largest absolute Gasteiger partial charge is 0.573 e. The molecule has 11 heteroatoms. The molecule has 3 aromatic rings. The molecule has 0 saturated carbocycles. The molecule has 1 aromatic heterocycles. The normalized spacial score (nSPS) is 11.5. The highest BCUT2D eigenvalue weighted by atomic mass is 32.2. The fourth-order valence-electron chi connectivity index (χ4n) is 2.49. The van der Waals surface area contributed by atoms with Gasteiger partial charge >= 0.3 is 12.3 Å². The molecule has 0 amide bonds. The molecule has 1 N–H and O–H groups in total. The number of nitrogens with zero attached hydrogens (tertiary/aromatic N) is 3. The molecule has 3 rings (SSSR count). The molecular formula is C20H19F3N4O3S. The minimum atomic E-state index is -4.72. The molecule has 0 aliphatic rings. The highest BCUT2D eigenvalue weighted by Gasteiger charge is 2.31. The van der Waals surface area contributed by atoms with Crippen LogP contribution >= 0.6 is 11.8 Å². The molecule has 0 unspecified atom stereocenters. The number of ether oxygens (including phenoxy) is 2. The first kappa shape index (κ1) is 22.6. The van der Waals surface area contributed by atoms with Crippen molar-refractivity contribution < 1.29 is 27.4 Å². The predicted octanol–water partition coefficient (Wildman–Crippen LogP) is 4.24. The average molecular weight is 452 g/mol. The lowest BCUT2D eigenvalue weighted by molar-refractivity contribution is -0.274. The number of aromatic nitrogens is 3. The standard InChI is InChI=1S/C20H19F3N4O3S/c1-27(2)11-12-29-19(28)17-18(25-26-24-17)31-16-9-5-14(6-10-16)13-3-7-15(8-4-13)30-20(21,22)23/h3-10H,11-12H2,1-2H3,(H,24,25,26). The second-order valence-corrected chi connectivity index (χ2v) is 7.69. The van der Waals surface area contributed by atoms with Crippen LogP contribution in [0.5, 0.6) is 5.75 Å². The first-order valence-electron chi connectivity index (χ1n) is 9.08. The number of aromatic amines is 1. The second kappa shape index (κ2) is 9.84. The highest BCUT2D eigenvalue weighted by Crippen LogP contribution is 2.31. The monoisotopic (exact) mass is 452 g/mol. The van der Waals surface area contributed by atoms with E-state index in [2.05, 4.69) is 20.1 Å². The lowest BCUT2D eigenvalue weighted by atomic mass is 10.1. The zero-order valence-electron chi connectivity index (χ0n) is 16.6. The number of benzene rings is 2. The first-order valence-corrected chi connectivity index (χ1v) is 9.90. The summed E-state index contributed by atoms with van der Waals surface area (Å²) in [4.78, 5) is 14.9. The van der Waals surface area contributed by atoms with Crippen LogP contribution in [0.25, 0.3) is 11.1 Å². The lowest BCUT2D eigenvalue weighted by Gasteiger charge is -2.10. The van der Waals surface area contributed by atoms with E-state index >= 15 is 0 Å². The summed E-state index contributed by atoms with van der Waals surface area (Å²) < 4.78 is 45.9. The van der Waals surface area contributed by atoms with E-state index in [1.54, 1.807) is 12.1 Å². The van der Waals surface area contributed by atoms with Crippen LogP contribution in [0.2, 0.25) is 0 Å². The molecule has 0 spiro atoms. The fraction of sp³-hybridized carbons (Fsp3) is 0.250.